The van der Waals surface area contributed by atoms with E-state index < -0.39 is 0 Å². The van der Waals surface area contributed by atoms with Crippen molar-refractivity contribution in [3.8, 4) is 11.3 Å². The summed E-state index contributed by atoms with van der Waals surface area (Å²) in [4.78, 5) is 0. The Kier molecular flexibility index (Phi) is 2.14. The molecule has 0 aliphatic heterocycles. The van der Waals surface area contributed by atoms with Gasteiger partial charge in [-0.2, -0.15) is 0 Å². The Labute approximate surface area is 102 Å². The van der Waals surface area contributed by atoms with Crippen LogP contribution in [-0.4, -0.2) is 8.16 Å². The number of rotatable bonds is 1. The number of aryl methyl sites for hydroxylation is 1. The number of aromatic nitrogens is 2. The third-order valence-electron chi connectivity index (χ3n) is 2.89. The van der Waals surface area contributed by atoms with Crippen LogP contribution in [0.4, 0.5) is 0 Å². The maximum atomic E-state index is 3.54. The zero-order chi connectivity index (χ0) is 11.1. The topological polar surface area (TPSA) is 9.86 Å². The lowest BCUT2D eigenvalue weighted by atomic mass is 10.1. The minimum atomic E-state index is 1.19. The zero-order valence-electron chi connectivity index (χ0n) is 8.89. The molecule has 0 radical (unpaired) electrons. The number of hydrogen-bond acceptors (Lipinski definition) is 0. The molecule has 0 spiro atoms. The first-order valence-corrected chi connectivity index (χ1v) is 5.86. The number of hydrogen-bond donors (Lipinski definition) is 0. The average molecular weight is 275 g/mol. The van der Waals surface area contributed by atoms with Gasteiger partial charge >= 0.3 is 0 Å². The third kappa shape index (κ3) is 1.32. The Morgan fingerprint density at radius 3 is 2.62 bits per heavy atom. The summed E-state index contributed by atoms with van der Waals surface area (Å²) in [5.41, 5.74) is 3.67. The summed E-state index contributed by atoms with van der Waals surface area (Å²) in [6.07, 6.45) is 4.18. The molecule has 0 unspecified atom stereocenters. The first-order chi connectivity index (χ1) is 7.77. The highest BCUT2D eigenvalue weighted by atomic mass is 79.9. The zero-order valence-corrected chi connectivity index (χ0v) is 10.5. The van der Waals surface area contributed by atoms with Crippen LogP contribution in [0.3, 0.4) is 0 Å². The van der Waals surface area contributed by atoms with Crippen LogP contribution in [-0.2, 0) is 7.05 Å². The molecule has 0 saturated heterocycles. The van der Waals surface area contributed by atoms with Gasteiger partial charge < -0.3 is 4.57 Å². The molecule has 2 aromatic heterocycles. The van der Waals surface area contributed by atoms with Crippen LogP contribution in [0.15, 0.2) is 48.8 Å². The summed E-state index contributed by atoms with van der Waals surface area (Å²) in [6.45, 7) is 0. The molecule has 3 rings (SSSR count). The fraction of sp³-hybridized carbons (Fsp3) is 0.0769. The van der Waals surface area contributed by atoms with Crippen molar-refractivity contribution in [2.24, 2.45) is 7.05 Å². The Morgan fingerprint density at radius 1 is 1.06 bits per heavy atom. The molecule has 0 amide bonds. The van der Waals surface area contributed by atoms with Gasteiger partial charge in [0.15, 0.2) is 0 Å². The van der Waals surface area contributed by atoms with Gasteiger partial charge in [-0.25, -0.2) is 0 Å². The second-order valence-electron chi connectivity index (χ2n) is 3.88. The van der Waals surface area contributed by atoms with Gasteiger partial charge in [-0.15, -0.1) is 0 Å². The molecule has 0 bridgehead atoms. The van der Waals surface area contributed by atoms with Crippen LogP contribution in [0.5, 0.6) is 0 Å². The Bertz CT molecular complexity index is 649. The summed E-state index contributed by atoms with van der Waals surface area (Å²) >= 11 is 3.54. The predicted molar refractivity (Wildman–Crippen MR) is 70.7 cm³/mol. The smallest absolute Gasteiger partial charge is 0.0598 e. The SMILES string of the molecule is Cn1cccc1-c1cn(Br)c2ccccc12. The molecular formula is C13H11BrN2. The summed E-state index contributed by atoms with van der Waals surface area (Å²) in [5, 5.41) is 1.26. The summed E-state index contributed by atoms with van der Waals surface area (Å²) in [6, 6.07) is 12.6. The quantitative estimate of drug-likeness (QED) is 0.639. The minimum Gasteiger partial charge on any atom is -0.351 e. The van der Waals surface area contributed by atoms with Crippen molar-refractivity contribution in [3.63, 3.8) is 0 Å². The highest BCUT2D eigenvalue weighted by Gasteiger charge is 2.10. The lowest BCUT2D eigenvalue weighted by Crippen LogP contribution is -1.87. The van der Waals surface area contributed by atoms with Gasteiger partial charge in [0.1, 0.15) is 0 Å². The van der Waals surface area contributed by atoms with Crippen molar-refractivity contribution in [2.75, 3.05) is 0 Å². The fourth-order valence-corrected chi connectivity index (χ4v) is 2.60. The van der Waals surface area contributed by atoms with Crippen LogP contribution >= 0.6 is 16.1 Å². The van der Waals surface area contributed by atoms with E-state index in [9.17, 15) is 0 Å². The van der Waals surface area contributed by atoms with E-state index in [4.69, 9.17) is 0 Å². The van der Waals surface area contributed by atoms with Crippen molar-refractivity contribution < 1.29 is 0 Å². The number of para-hydroxylation sites is 1. The summed E-state index contributed by atoms with van der Waals surface area (Å²) < 4.78 is 4.12. The molecular weight excluding hydrogens is 264 g/mol. The van der Waals surface area contributed by atoms with Gasteiger partial charge in [0.05, 0.1) is 21.7 Å². The molecule has 2 nitrogen and oxygen atoms in total. The van der Waals surface area contributed by atoms with Gasteiger partial charge in [-0.3, -0.25) is 3.59 Å². The maximum absolute atomic E-state index is 3.54. The standard InChI is InChI=1S/C13H11BrN2/c1-15-8-4-7-12(15)11-9-16(14)13-6-3-2-5-10(11)13/h2-9H,1H3. The second-order valence-corrected chi connectivity index (χ2v) is 4.64. The van der Waals surface area contributed by atoms with E-state index in [-0.39, 0.29) is 0 Å². The van der Waals surface area contributed by atoms with Crippen LogP contribution in [0.2, 0.25) is 0 Å². The van der Waals surface area contributed by atoms with Crippen LogP contribution in [0.25, 0.3) is 22.2 Å². The van der Waals surface area contributed by atoms with Gasteiger partial charge in [0.25, 0.3) is 0 Å². The van der Waals surface area contributed by atoms with E-state index in [0.29, 0.717) is 0 Å². The Balaban J connectivity index is 2.37. The second kappa shape index (κ2) is 3.52. The Hall–Kier alpha value is -1.48. The molecule has 1 aromatic carbocycles. The van der Waals surface area contributed by atoms with E-state index in [1.807, 2.05) is 3.59 Å². The molecule has 3 aromatic rings. The molecule has 3 heteroatoms. The maximum Gasteiger partial charge on any atom is 0.0598 e. The molecule has 80 valence electrons. The van der Waals surface area contributed by atoms with Crippen molar-refractivity contribution >= 4 is 27.1 Å². The van der Waals surface area contributed by atoms with Crippen molar-refractivity contribution in [1.82, 2.24) is 8.16 Å². The summed E-state index contributed by atoms with van der Waals surface area (Å²) in [5.74, 6) is 0. The number of halogens is 1. The van der Waals surface area contributed by atoms with Crippen LogP contribution in [0, 0.1) is 0 Å². The van der Waals surface area contributed by atoms with Crippen molar-refractivity contribution in [3.05, 3.63) is 48.8 Å². The van der Waals surface area contributed by atoms with Gasteiger partial charge in [-0.05, 0) is 18.2 Å². The molecule has 0 saturated carbocycles. The predicted octanol–water partition coefficient (Wildman–Crippen LogP) is 3.80. The fourth-order valence-electron chi connectivity index (χ4n) is 2.09. The molecule has 0 fully saturated rings. The van der Waals surface area contributed by atoms with Gasteiger partial charge in [0, 0.05) is 36.1 Å². The first kappa shape index (κ1) is 9.73. The number of fused-ring (bicyclic) bond motifs is 1. The van der Waals surface area contributed by atoms with E-state index in [1.54, 1.807) is 0 Å². The molecule has 0 aliphatic carbocycles. The first-order valence-electron chi connectivity index (χ1n) is 5.15. The molecule has 0 atom stereocenters. The van der Waals surface area contributed by atoms with E-state index in [0.717, 1.165) is 0 Å². The van der Waals surface area contributed by atoms with Crippen molar-refractivity contribution in [1.29, 1.82) is 0 Å². The highest BCUT2D eigenvalue weighted by molar-refractivity contribution is 9.08. The van der Waals surface area contributed by atoms with Crippen molar-refractivity contribution in [2.45, 2.75) is 0 Å². The lowest BCUT2D eigenvalue weighted by molar-refractivity contribution is 0.938. The average Bonchev–Trinajstić information content (AvgIpc) is 2.84. The van der Waals surface area contributed by atoms with Crippen LogP contribution < -0.4 is 0 Å². The monoisotopic (exact) mass is 274 g/mol. The Morgan fingerprint density at radius 2 is 1.88 bits per heavy atom. The van der Waals surface area contributed by atoms with E-state index in [1.165, 1.54) is 22.2 Å². The molecule has 0 N–H and O–H groups in total. The van der Waals surface area contributed by atoms with Gasteiger partial charge in [0.2, 0.25) is 0 Å². The van der Waals surface area contributed by atoms with E-state index >= 15 is 0 Å². The molecule has 2 heterocycles. The third-order valence-corrected chi connectivity index (χ3v) is 3.47. The van der Waals surface area contributed by atoms with E-state index in [2.05, 4.69) is 76.6 Å². The highest BCUT2D eigenvalue weighted by Crippen LogP contribution is 2.31. The number of nitrogens with zero attached hydrogens (tertiary/aromatic N) is 2. The number of benzene rings is 1. The van der Waals surface area contributed by atoms with Crippen LogP contribution in [0.1, 0.15) is 0 Å². The largest absolute Gasteiger partial charge is 0.351 e. The normalized spacial score (nSPS) is 11.1. The van der Waals surface area contributed by atoms with Gasteiger partial charge in [-0.1, -0.05) is 18.2 Å². The minimum absolute atomic E-state index is 1.19. The molecule has 0 aliphatic rings. The summed E-state index contributed by atoms with van der Waals surface area (Å²) in [7, 11) is 2.07. The lowest BCUT2D eigenvalue weighted by Gasteiger charge is -2.00. The molecule has 16 heavy (non-hydrogen) atoms.